The maximum atomic E-state index is 10.6. The van der Waals surface area contributed by atoms with Crippen molar-refractivity contribution >= 4 is 6.29 Å². The van der Waals surface area contributed by atoms with Crippen LogP contribution in [0.1, 0.15) is 48.6 Å². The number of carbonyl (C=O) groups excluding carboxylic acids is 1. The molecule has 0 aromatic carbocycles. The van der Waals surface area contributed by atoms with E-state index in [0.717, 1.165) is 25.3 Å². The summed E-state index contributed by atoms with van der Waals surface area (Å²) in [7, 11) is 0. The van der Waals surface area contributed by atoms with E-state index in [1.807, 2.05) is 4.68 Å². The molecule has 5 nitrogen and oxygen atoms in total. The highest BCUT2D eigenvalue weighted by molar-refractivity contribution is 5.70. The van der Waals surface area contributed by atoms with Crippen LogP contribution in [0.2, 0.25) is 0 Å². The fraction of sp³-hybridized carbons (Fsp3) is 0.750. The lowest BCUT2D eigenvalue weighted by atomic mass is 9.89. The number of nitrogens with zero attached hydrogens (tertiary/aromatic N) is 4. The number of piperidine rings is 1. The summed E-state index contributed by atoms with van der Waals surface area (Å²) in [6.45, 7) is 2.28. The first-order chi connectivity index (χ1) is 8.36. The second-order valence-electron chi connectivity index (χ2n) is 5.12. The zero-order valence-electron chi connectivity index (χ0n) is 9.96. The molecule has 0 unspecified atom stereocenters. The molecule has 0 amide bonds. The SMILES string of the molecule is O=Cc1cn([C@@H]2CCCN(C3CCC3)C2)nn1. The Labute approximate surface area is 101 Å². The summed E-state index contributed by atoms with van der Waals surface area (Å²) in [5, 5.41) is 7.90. The van der Waals surface area contributed by atoms with E-state index in [2.05, 4.69) is 15.2 Å². The summed E-state index contributed by atoms with van der Waals surface area (Å²) >= 11 is 0. The van der Waals surface area contributed by atoms with Crippen molar-refractivity contribution in [3.8, 4) is 0 Å². The predicted octanol–water partition coefficient (Wildman–Crippen LogP) is 1.28. The van der Waals surface area contributed by atoms with Crippen molar-refractivity contribution in [1.82, 2.24) is 19.9 Å². The summed E-state index contributed by atoms with van der Waals surface area (Å²) in [5.74, 6) is 0. The first-order valence-corrected chi connectivity index (χ1v) is 6.48. The van der Waals surface area contributed by atoms with Crippen molar-refractivity contribution in [2.75, 3.05) is 13.1 Å². The highest BCUT2D eigenvalue weighted by Crippen LogP contribution is 2.30. The van der Waals surface area contributed by atoms with Crippen LogP contribution in [0.4, 0.5) is 0 Å². The zero-order chi connectivity index (χ0) is 11.7. The fourth-order valence-electron chi connectivity index (χ4n) is 2.81. The molecule has 0 N–H and O–H groups in total. The van der Waals surface area contributed by atoms with Crippen molar-refractivity contribution < 1.29 is 4.79 Å². The van der Waals surface area contributed by atoms with Gasteiger partial charge in [-0.25, -0.2) is 4.68 Å². The second-order valence-corrected chi connectivity index (χ2v) is 5.12. The van der Waals surface area contributed by atoms with Gasteiger partial charge in [0.2, 0.25) is 0 Å². The zero-order valence-corrected chi connectivity index (χ0v) is 9.96. The second kappa shape index (κ2) is 4.56. The fourth-order valence-corrected chi connectivity index (χ4v) is 2.81. The van der Waals surface area contributed by atoms with E-state index in [0.29, 0.717) is 11.7 Å². The van der Waals surface area contributed by atoms with Gasteiger partial charge in [0.05, 0.1) is 12.2 Å². The molecule has 2 fully saturated rings. The van der Waals surface area contributed by atoms with E-state index >= 15 is 0 Å². The number of hydrogen-bond acceptors (Lipinski definition) is 4. The number of rotatable bonds is 3. The third-order valence-electron chi connectivity index (χ3n) is 4.04. The van der Waals surface area contributed by atoms with Crippen molar-refractivity contribution in [1.29, 1.82) is 0 Å². The number of carbonyl (C=O) groups is 1. The number of hydrogen-bond donors (Lipinski definition) is 0. The molecule has 1 saturated heterocycles. The normalized spacial score (nSPS) is 26.7. The average Bonchev–Trinajstić information content (AvgIpc) is 2.75. The summed E-state index contributed by atoms with van der Waals surface area (Å²) in [4.78, 5) is 13.2. The molecule has 5 heteroatoms. The van der Waals surface area contributed by atoms with E-state index in [4.69, 9.17) is 0 Å². The molecule has 1 saturated carbocycles. The molecule has 1 atom stereocenters. The van der Waals surface area contributed by atoms with Gasteiger partial charge in [-0.05, 0) is 32.2 Å². The summed E-state index contributed by atoms with van der Waals surface area (Å²) < 4.78 is 1.87. The van der Waals surface area contributed by atoms with Gasteiger partial charge in [-0.15, -0.1) is 5.10 Å². The predicted molar refractivity (Wildman–Crippen MR) is 62.9 cm³/mol. The Morgan fingerprint density at radius 2 is 2.06 bits per heavy atom. The van der Waals surface area contributed by atoms with Gasteiger partial charge in [0.25, 0.3) is 0 Å². The molecule has 0 bridgehead atoms. The van der Waals surface area contributed by atoms with E-state index < -0.39 is 0 Å². The lowest BCUT2D eigenvalue weighted by Crippen LogP contribution is -2.46. The van der Waals surface area contributed by atoms with Gasteiger partial charge in [-0.2, -0.15) is 0 Å². The molecule has 1 aliphatic carbocycles. The van der Waals surface area contributed by atoms with Crippen molar-refractivity contribution in [2.45, 2.75) is 44.2 Å². The molecule has 0 radical (unpaired) electrons. The molecule has 0 spiro atoms. The molecule has 2 aliphatic rings. The molecule has 1 aromatic rings. The monoisotopic (exact) mass is 234 g/mol. The quantitative estimate of drug-likeness (QED) is 0.739. The van der Waals surface area contributed by atoms with Gasteiger partial charge in [0.1, 0.15) is 5.69 Å². The minimum absolute atomic E-state index is 0.394. The van der Waals surface area contributed by atoms with Gasteiger partial charge in [0, 0.05) is 12.6 Å². The highest BCUT2D eigenvalue weighted by atomic mass is 16.1. The Morgan fingerprint density at radius 3 is 2.71 bits per heavy atom. The average molecular weight is 234 g/mol. The number of aldehydes is 1. The van der Waals surface area contributed by atoms with Crippen LogP contribution < -0.4 is 0 Å². The van der Waals surface area contributed by atoms with E-state index in [1.165, 1.54) is 32.2 Å². The van der Waals surface area contributed by atoms with Crippen molar-refractivity contribution in [3.05, 3.63) is 11.9 Å². The minimum Gasteiger partial charge on any atom is -0.298 e. The van der Waals surface area contributed by atoms with Crippen molar-refractivity contribution in [3.63, 3.8) is 0 Å². The smallest absolute Gasteiger partial charge is 0.171 e. The highest BCUT2D eigenvalue weighted by Gasteiger charge is 2.30. The van der Waals surface area contributed by atoms with Gasteiger partial charge in [-0.3, -0.25) is 9.69 Å². The Kier molecular flexibility index (Phi) is 2.93. The molecular weight excluding hydrogens is 216 g/mol. The summed E-state index contributed by atoms with van der Waals surface area (Å²) in [6, 6.07) is 1.19. The number of likely N-dealkylation sites (tertiary alicyclic amines) is 1. The third kappa shape index (κ3) is 2.11. The standard InChI is InChI=1S/C12H18N4O/c17-9-10-7-16(14-13-10)12-5-2-6-15(8-12)11-3-1-4-11/h7,9,11-12H,1-6,8H2/t12-/m1/s1. The van der Waals surface area contributed by atoms with Crippen LogP contribution in [0.15, 0.2) is 6.20 Å². The number of aromatic nitrogens is 3. The van der Waals surface area contributed by atoms with E-state index in [-0.39, 0.29) is 0 Å². The molecule has 1 aliphatic heterocycles. The van der Waals surface area contributed by atoms with Crippen molar-refractivity contribution in [2.24, 2.45) is 0 Å². The van der Waals surface area contributed by atoms with Gasteiger partial charge in [0.15, 0.2) is 6.29 Å². The summed E-state index contributed by atoms with van der Waals surface area (Å²) in [5.41, 5.74) is 0.436. The lowest BCUT2D eigenvalue weighted by Gasteiger charge is -2.42. The Morgan fingerprint density at radius 1 is 1.24 bits per heavy atom. The maximum Gasteiger partial charge on any atom is 0.171 e. The first kappa shape index (κ1) is 10.9. The van der Waals surface area contributed by atoms with Crippen LogP contribution in [-0.2, 0) is 0 Å². The maximum absolute atomic E-state index is 10.6. The van der Waals surface area contributed by atoms with Crippen LogP contribution >= 0.6 is 0 Å². The van der Waals surface area contributed by atoms with Crippen LogP contribution in [0.25, 0.3) is 0 Å². The largest absolute Gasteiger partial charge is 0.298 e. The Bertz CT molecular complexity index is 399. The van der Waals surface area contributed by atoms with Crippen LogP contribution in [0, 0.1) is 0 Å². The summed E-state index contributed by atoms with van der Waals surface area (Å²) in [6.07, 6.45) is 8.97. The molecule has 1 aromatic heterocycles. The van der Waals surface area contributed by atoms with Gasteiger partial charge < -0.3 is 0 Å². The van der Waals surface area contributed by atoms with Gasteiger partial charge in [-0.1, -0.05) is 11.6 Å². The molecule has 17 heavy (non-hydrogen) atoms. The molecule has 92 valence electrons. The van der Waals surface area contributed by atoms with E-state index in [1.54, 1.807) is 6.20 Å². The van der Waals surface area contributed by atoms with Crippen LogP contribution in [0.5, 0.6) is 0 Å². The first-order valence-electron chi connectivity index (χ1n) is 6.48. The van der Waals surface area contributed by atoms with Crippen LogP contribution in [-0.4, -0.2) is 45.3 Å². The Balaban J connectivity index is 1.67. The van der Waals surface area contributed by atoms with Crippen LogP contribution in [0.3, 0.4) is 0 Å². The molecule has 3 rings (SSSR count). The molecular formula is C12H18N4O. The molecule has 2 heterocycles. The van der Waals surface area contributed by atoms with Gasteiger partial charge >= 0.3 is 0 Å². The minimum atomic E-state index is 0.394. The lowest BCUT2D eigenvalue weighted by molar-refractivity contribution is 0.0760. The Hall–Kier alpha value is -1.23. The topological polar surface area (TPSA) is 51.0 Å². The third-order valence-corrected chi connectivity index (χ3v) is 4.04. The van der Waals surface area contributed by atoms with E-state index in [9.17, 15) is 4.79 Å².